The lowest BCUT2D eigenvalue weighted by Crippen LogP contribution is -2.36. The molecule has 0 atom stereocenters. The lowest BCUT2D eigenvalue weighted by Gasteiger charge is -2.10. The second kappa shape index (κ2) is 5.06. The van der Waals surface area contributed by atoms with Crippen molar-refractivity contribution in [1.82, 2.24) is 0 Å². The molecule has 0 spiro atoms. The zero-order valence-corrected chi connectivity index (χ0v) is 10.1. The monoisotopic (exact) mass is 226 g/mol. The van der Waals surface area contributed by atoms with Crippen LogP contribution in [0, 0.1) is 13.8 Å². The Hall–Kier alpha value is -1.74. The molecule has 0 saturated heterocycles. The van der Waals surface area contributed by atoms with Crippen LogP contribution in [0.15, 0.2) is 48.5 Å². The molecule has 17 heavy (non-hydrogen) atoms. The largest absolute Gasteiger partial charge is 0.560 e. The van der Waals surface area contributed by atoms with E-state index in [1.807, 2.05) is 62.4 Å². The van der Waals surface area contributed by atoms with Gasteiger partial charge in [-0.15, -0.1) is 0 Å². The summed E-state index contributed by atoms with van der Waals surface area (Å²) in [7, 11) is -0.918. The van der Waals surface area contributed by atoms with E-state index in [0.29, 0.717) is 5.75 Å². The van der Waals surface area contributed by atoms with Gasteiger partial charge < -0.3 is 9.68 Å². The fourth-order valence-electron chi connectivity index (χ4n) is 1.54. The van der Waals surface area contributed by atoms with Gasteiger partial charge in [-0.2, -0.15) is 0 Å². The molecule has 1 N–H and O–H groups in total. The first kappa shape index (κ1) is 11.7. The fraction of sp³-hybridized carbons (Fsp3) is 0.143. The SMILES string of the molecule is Cc1ccc(OB(O)c2ccc(C)cc2)cc1. The van der Waals surface area contributed by atoms with Crippen LogP contribution >= 0.6 is 0 Å². The van der Waals surface area contributed by atoms with Gasteiger partial charge in [-0.1, -0.05) is 47.5 Å². The number of rotatable bonds is 3. The molecule has 0 fully saturated rings. The van der Waals surface area contributed by atoms with E-state index in [1.165, 1.54) is 5.56 Å². The third-order valence-electron chi connectivity index (χ3n) is 2.63. The van der Waals surface area contributed by atoms with Crippen molar-refractivity contribution in [2.75, 3.05) is 0 Å². The highest BCUT2D eigenvalue weighted by Gasteiger charge is 2.18. The molecule has 2 aromatic carbocycles. The van der Waals surface area contributed by atoms with Crippen LogP contribution in [0.2, 0.25) is 0 Å². The molecule has 2 rings (SSSR count). The van der Waals surface area contributed by atoms with Gasteiger partial charge >= 0.3 is 7.12 Å². The smallest absolute Gasteiger partial charge is 0.532 e. The highest BCUT2D eigenvalue weighted by Crippen LogP contribution is 2.11. The van der Waals surface area contributed by atoms with E-state index in [1.54, 1.807) is 0 Å². The van der Waals surface area contributed by atoms with E-state index >= 15 is 0 Å². The summed E-state index contributed by atoms with van der Waals surface area (Å²) in [6, 6.07) is 15.3. The summed E-state index contributed by atoms with van der Waals surface area (Å²) < 4.78 is 5.45. The Morgan fingerprint density at radius 2 is 1.29 bits per heavy atom. The Morgan fingerprint density at radius 1 is 0.824 bits per heavy atom. The number of hydrogen-bond donors (Lipinski definition) is 1. The summed E-state index contributed by atoms with van der Waals surface area (Å²) in [4.78, 5) is 0. The first-order valence-corrected chi connectivity index (χ1v) is 5.63. The van der Waals surface area contributed by atoms with Gasteiger partial charge in [0.2, 0.25) is 0 Å². The quantitative estimate of drug-likeness (QED) is 0.811. The lowest BCUT2D eigenvalue weighted by molar-refractivity contribution is 0.432. The van der Waals surface area contributed by atoms with E-state index in [9.17, 15) is 5.02 Å². The van der Waals surface area contributed by atoms with Crippen LogP contribution in [-0.4, -0.2) is 12.1 Å². The molecule has 86 valence electrons. The minimum absolute atomic E-state index is 0.670. The summed E-state index contributed by atoms with van der Waals surface area (Å²) in [6.07, 6.45) is 0. The van der Waals surface area contributed by atoms with Crippen molar-refractivity contribution in [1.29, 1.82) is 0 Å². The third kappa shape index (κ3) is 3.11. The Balaban J connectivity index is 2.08. The molecule has 0 amide bonds. The van der Waals surface area contributed by atoms with Gasteiger partial charge in [0, 0.05) is 0 Å². The van der Waals surface area contributed by atoms with Gasteiger partial charge in [-0.25, -0.2) is 0 Å². The topological polar surface area (TPSA) is 29.5 Å². The molecule has 2 nitrogen and oxygen atoms in total. The molecule has 0 aliphatic carbocycles. The Labute approximate surface area is 102 Å². The average molecular weight is 226 g/mol. The first-order chi connectivity index (χ1) is 8.15. The molecule has 0 aromatic heterocycles. The molecule has 0 aliphatic heterocycles. The molecule has 3 heteroatoms. The second-order valence-electron chi connectivity index (χ2n) is 4.19. The normalized spacial score (nSPS) is 10.1. The highest BCUT2D eigenvalue weighted by molar-refractivity contribution is 6.60. The summed E-state index contributed by atoms with van der Waals surface area (Å²) in [5.74, 6) is 0.670. The van der Waals surface area contributed by atoms with Crippen molar-refractivity contribution < 1.29 is 9.68 Å². The van der Waals surface area contributed by atoms with Crippen LogP contribution in [0.1, 0.15) is 11.1 Å². The maximum atomic E-state index is 9.91. The maximum Gasteiger partial charge on any atom is 0.560 e. The lowest BCUT2D eigenvalue weighted by atomic mass is 9.79. The van der Waals surface area contributed by atoms with Crippen LogP contribution < -0.4 is 10.1 Å². The van der Waals surface area contributed by atoms with Crippen molar-refractivity contribution in [3.8, 4) is 5.75 Å². The van der Waals surface area contributed by atoms with Crippen molar-refractivity contribution in [3.63, 3.8) is 0 Å². The highest BCUT2D eigenvalue weighted by atomic mass is 16.5. The van der Waals surface area contributed by atoms with E-state index in [4.69, 9.17) is 4.65 Å². The molecule has 0 heterocycles. The van der Waals surface area contributed by atoms with Gasteiger partial charge in [0.15, 0.2) is 0 Å². The summed E-state index contributed by atoms with van der Waals surface area (Å²) in [5, 5.41) is 9.91. The summed E-state index contributed by atoms with van der Waals surface area (Å²) in [6.45, 7) is 4.02. The molecule has 0 bridgehead atoms. The number of aryl methyl sites for hydroxylation is 2. The molecule has 0 saturated carbocycles. The average Bonchev–Trinajstić information content (AvgIpc) is 2.33. The van der Waals surface area contributed by atoms with Crippen molar-refractivity contribution in [2.45, 2.75) is 13.8 Å². The zero-order valence-electron chi connectivity index (χ0n) is 10.1. The summed E-state index contributed by atoms with van der Waals surface area (Å²) in [5.41, 5.74) is 3.09. The molecule has 2 aromatic rings. The first-order valence-electron chi connectivity index (χ1n) is 5.63. The van der Waals surface area contributed by atoms with Crippen LogP contribution in [0.25, 0.3) is 0 Å². The van der Waals surface area contributed by atoms with Crippen molar-refractivity contribution in [2.24, 2.45) is 0 Å². The van der Waals surface area contributed by atoms with Gasteiger partial charge in [-0.05, 0) is 31.4 Å². The van der Waals surface area contributed by atoms with Crippen molar-refractivity contribution >= 4 is 12.6 Å². The van der Waals surface area contributed by atoms with Crippen LogP contribution in [0.5, 0.6) is 5.75 Å². The van der Waals surface area contributed by atoms with Gasteiger partial charge in [-0.3, -0.25) is 0 Å². The van der Waals surface area contributed by atoms with E-state index in [0.717, 1.165) is 11.0 Å². The third-order valence-corrected chi connectivity index (χ3v) is 2.63. The van der Waals surface area contributed by atoms with Crippen LogP contribution in [0.3, 0.4) is 0 Å². The van der Waals surface area contributed by atoms with Gasteiger partial charge in [0.25, 0.3) is 0 Å². The second-order valence-corrected chi connectivity index (χ2v) is 4.19. The minimum atomic E-state index is -0.918. The van der Waals surface area contributed by atoms with Crippen molar-refractivity contribution in [3.05, 3.63) is 59.7 Å². The predicted octanol–water partition coefficient (Wildman–Crippen LogP) is 2.07. The Morgan fingerprint density at radius 3 is 1.82 bits per heavy atom. The standard InChI is InChI=1S/C14H15BO2/c1-11-3-7-13(8-4-11)15(16)17-14-9-5-12(2)6-10-14/h3-10,16H,1-2H3. The van der Waals surface area contributed by atoms with E-state index < -0.39 is 7.12 Å². The Bertz CT molecular complexity index is 477. The van der Waals surface area contributed by atoms with Crippen LogP contribution in [-0.2, 0) is 0 Å². The molecule has 0 radical (unpaired) electrons. The predicted molar refractivity (Wildman–Crippen MR) is 70.6 cm³/mol. The molecule has 0 unspecified atom stereocenters. The molecule has 0 aliphatic rings. The number of hydrogen-bond acceptors (Lipinski definition) is 2. The van der Waals surface area contributed by atoms with E-state index in [2.05, 4.69) is 0 Å². The summed E-state index contributed by atoms with van der Waals surface area (Å²) >= 11 is 0. The Kier molecular flexibility index (Phi) is 3.50. The molecular weight excluding hydrogens is 211 g/mol. The van der Waals surface area contributed by atoms with E-state index in [-0.39, 0.29) is 0 Å². The maximum absolute atomic E-state index is 9.91. The zero-order chi connectivity index (χ0) is 12.3. The fourth-order valence-corrected chi connectivity index (χ4v) is 1.54. The van der Waals surface area contributed by atoms with Gasteiger partial charge in [0.1, 0.15) is 5.75 Å². The van der Waals surface area contributed by atoms with Gasteiger partial charge in [0.05, 0.1) is 0 Å². The molecular formula is C14H15BO2. The number of benzene rings is 2. The minimum Gasteiger partial charge on any atom is -0.532 e. The van der Waals surface area contributed by atoms with Crippen LogP contribution in [0.4, 0.5) is 0 Å².